The van der Waals surface area contributed by atoms with Gasteiger partial charge in [-0.15, -0.1) is 0 Å². The first-order valence-corrected chi connectivity index (χ1v) is 5.32. The number of hydrogen-bond acceptors (Lipinski definition) is 3. The van der Waals surface area contributed by atoms with Crippen LogP contribution in [0.3, 0.4) is 0 Å². The Morgan fingerprint density at radius 1 is 1.60 bits per heavy atom. The molecule has 15 heavy (non-hydrogen) atoms. The Morgan fingerprint density at radius 3 is 2.87 bits per heavy atom. The molecule has 1 unspecified atom stereocenters. The lowest BCUT2D eigenvalue weighted by molar-refractivity contribution is 0.271. The Bertz CT molecular complexity index is 351. The fraction of sp³-hybridized carbons (Fsp3) is 0.636. The van der Waals surface area contributed by atoms with Crippen LogP contribution in [0.5, 0.6) is 0 Å². The van der Waals surface area contributed by atoms with Gasteiger partial charge in [0.2, 0.25) is 0 Å². The van der Waals surface area contributed by atoms with Crippen LogP contribution in [0, 0.1) is 11.3 Å². The summed E-state index contributed by atoms with van der Waals surface area (Å²) in [5, 5.41) is 17.9. The van der Waals surface area contributed by atoms with Crippen LogP contribution >= 0.6 is 0 Å². The number of nitrogens with zero attached hydrogens (tertiary/aromatic N) is 2. The van der Waals surface area contributed by atoms with Crippen molar-refractivity contribution in [2.45, 2.75) is 39.0 Å². The van der Waals surface area contributed by atoms with Crippen LogP contribution in [-0.4, -0.2) is 21.7 Å². The highest BCUT2D eigenvalue weighted by atomic mass is 16.3. The van der Waals surface area contributed by atoms with E-state index in [1.54, 1.807) is 0 Å². The van der Waals surface area contributed by atoms with Gasteiger partial charge in [0.25, 0.3) is 0 Å². The van der Waals surface area contributed by atoms with Crippen molar-refractivity contribution >= 4 is 0 Å². The molecule has 0 saturated carbocycles. The highest BCUT2D eigenvalue weighted by Gasteiger charge is 2.14. The lowest BCUT2D eigenvalue weighted by Crippen LogP contribution is -2.01. The molecule has 0 aliphatic carbocycles. The molecule has 0 bridgehead atoms. The molecule has 1 rings (SSSR count). The van der Waals surface area contributed by atoms with Crippen molar-refractivity contribution in [3.8, 4) is 6.07 Å². The molecule has 1 atom stereocenters. The van der Waals surface area contributed by atoms with Crippen LogP contribution in [0.1, 0.15) is 49.8 Å². The molecule has 0 saturated heterocycles. The summed E-state index contributed by atoms with van der Waals surface area (Å²) in [5.74, 6) is 0.797. The molecule has 0 aliphatic rings. The van der Waals surface area contributed by atoms with Crippen molar-refractivity contribution in [3.05, 3.63) is 17.2 Å². The van der Waals surface area contributed by atoms with Gasteiger partial charge in [-0.05, 0) is 6.42 Å². The molecule has 0 spiro atoms. The van der Waals surface area contributed by atoms with E-state index in [0.717, 1.165) is 30.8 Å². The molecule has 1 aromatic rings. The zero-order valence-corrected chi connectivity index (χ0v) is 9.25. The first kappa shape index (κ1) is 11.7. The third-order valence-electron chi connectivity index (χ3n) is 2.42. The predicted molar refractivity (Wildman–Crippen MR) is 57.4 cm³/mol. The van der Waals surface area contributed by atoms with E-state index in [1.807, 2.05) is 6.92 Å². The summed E-state index contributed by atoms with van der Waals surface area (Å²) in [6, 6.07) is 2.05. The molecule has 0 fully saturated rings. The summed E-state index contributed by atoms with van der Waals surface area (Å²) in [6.45, 7) is 4.02. The van der Waals surface area contributed by atoms with E-state index in [4.69, 9.17) is 10.4 Å². The molecule has 2 N–H and O–H groups in total. The monoisotopic (exact) mass is 207 g/mol. The van der Waals surface area contributed by atoms with E-state index >= 15 is 0 Å². The van der Waals surface area contributed by atoms with Gasteiger partial charge in [-0.25, -0.2) is 4.98 Å². The summed E-state index contributed by atoms with van der Waals surface area (Å²) in [7, 11) is 0. The maximum Gasteiger partial charge on any atom is 0.162 e. The summed E-state index contributed by atoms with van der Waals surface area (Å²) in [4.78, 5) is 7.33. The lowest BCUT2D eigenvalue weighted by atomic mass is 10.1. The number of hydrogen-bond donors (Lipinski definition) is 2. The minimum atomic E-state index is -0.0532. The number of aliphatic hydroxyl groups excluding tert-OH is 1. The lowest BCUT2D eigenvalue weighted by Gasteiger charge is -2.03. The third-order valence-corrected chi connectivity index (χ3v) is 2.42. The maximum absolute atomic E-state index is 9.04. The molecule has 0 amide bonds. The summed E-state index contributed by atoms with van der Waals surface area (Å²) >= 11 is 0. The van der Waals surface area contributed by atoms with Gasteiger partial charge in [-0.1, -0.05) is 20.3 Å². The van der Waals surface area contributed by atoms with Crippen molar-refractivity contribution in [1.29, 1.82) is 5.26 Å². The van der Waals surface area contributed by atoms with Crippen LogP contribution < -0.4 is 0 Å². The standard InChI is InChI=1S/C11H17N3O/c1-3-4-5-10-13-9(6-12)11(14-10)8(2)7-15/h8,15H,3-5,7H2,1-2H3,(H,13,14). The van der Waals surface area contributed by atoms with Gasteiger partial charge in [0.15, 0.2) is 5.69 Å². The molecule has 4 heteroatoms. The number of aromatic amines is 1. The number of unbranched alkanes of at least 4 members (excludes halogenated alkanes) is 1. The largest absolute Gasteiger partial charge is 0.396 e. The topological polar surface area (TPSA) is 72.7 Å². The average Bonchev–Trinajstić information content (AvgIpc) is 2.68. The van der Waals surface area contributed by atoms with Crippen LogP contribution in [0.25, 0.3) is 0 Å². The SMILES string of the molecule is CCCCc1nc(C#N)c(C(C)CO)[nH]1. The highest BCUT2D eigenvalue weighted by Crippen LogP contribution is 2.17. The zero-order valence-electron chi connectivity index (χ0n) is 9.25. The number of aromatic nitrogens is 2. The van der Waals surface area contributed by atoms with Crippen molar-refractivity contribution < 1.29 is 5.11 Å². The number of nitrogens with one attached hydrogen (secondary N) is 1. The van der Waals surface area contributed by atoms with Crippen molar-refractivity contribution in [2.24, 2.45) is 0 Å². The third kappa shape index (κ3) is 2.80. The number of rotatable bonds is 5. The number of nitriles is 1. The first-order valence-electron chi connectivity index (χ1n) is 5.32. The zero-order chi connectivity index (χ0) is 11.3. The smallest absolute Gasteiger partial charge is 0.162 e. The van der Waals surface area contributed by atoms with Crippen molar-refractivity contribution in [1.82, 2.24) is 9.97 Å². The second-order valence-electron chi connectivity index (χ2n) is 3.74. The molecule has 4 nitrogen and oxygen atoms in total. The van der Waals surface area contributed by atoms with E-state index in [2.05, 4.69) is 23.0 Å². The van der Waals surface area contributed by atoms with E-state index in [1.165, 1.54) is 0 Å². The molecular formula is C11H17N3O. The molecule has 82 valence electrons. The number of imidazole rings is 1. The van der Waals surface area contributed by atoms with Crippen molar-refractivity contribution in [2.75, 3.05) is 6.61 Å². The quantitative estimate of drug-likeness (QED) is 0.772. The average molecular weight is 207 g/mol. The van der Waals surface area contributed by atoms with Crippen LogP contribution in [0.4, 0.5) is 0 Å². The summed E-state index contributed by atoms with van der Waals surface area (Å²) in [5.41, 5.74) is 1.17. The number of H-pyrrole nitrogens is 1. The maximum atomic E-state index is 9.04. The highest BCUT2D eigenvalue weighted by molar-refractivity contribution is 5.30. The molecule has 0 aliphatic heterocycles. The molecule has 1 heterocycles. The summed E-state index contributed by atoms with van der Waals surface area (Å²) < 4.78 is 0. The normalized spacial score (nSPS) is 12.4. The Labute approximate surface area is 90.0 Å². The van der Waals surface area contributed by atoms with Crippen LogP contribution in [-0.2, 0) is 6.42 Å². The van der Waals surface area contributed by atoms with Gasteiger partial charge in [0.05, 0.1) is 12.3 Å². The second kappa shape index (κ2) is 5.52. The number of aliphatic hydroxyl groups is 1. The van der Waals surface area contributed by atoms with Crippen LogP contribution in [0.2, 0.25) is 0 Å². The minimum Gasteiger partial charge on any atom is -0.396 e. The van der Waals surface area contributed by atoms with Gasteiger partial charge in [-0.2, -0.15) is 5.26 Å². The Balaban J connectivity index is 2.86. The first-order chi connectivity index (χ1) is 7.22. The predicted octanol–water partition coefficient (Wildman–Crippen LogP) is 1.72. The van der Waals surface area contributed by atoms with Crippen molar-refractivity contribution in [3.63, 3.8) is 0 Å². The fourth-order valence-electron chi connectivity index (χ4n) is 1.43. The molecule has 1 aromatic heterocycles. The van der Waals surface area contributed by atoms with E-state index < -0.39 is 0 Å². The Kier molecular flexibility index (Phi) is 4.32. The fourth-order valence-corrected chi connectivity index (χ4v) is 1.43. The summed E-state index contributed by atoms with van der Waals surface area (Å²) in [6.07, 6.45) is 3.03. The van der Waals surface area contributed by atoms with Gasteiger partial charge in [0, 0.05) is 12.3 Å². The molecule has 0 radical (unpaired) electrons. The Morgan fingerprint density at radius 2 is 2.33 bits per heavy atom. The molecular weight excluding hydrogens is 190 g/mol. The van der Waals surface area contributed by atoms with Gasteiger partial charge < -0.3 is 10.1 Å². The Hall–Kier alpha value is -1.34. The molecule has 0 aromatic carbocycles. The van der Waals surface area contributed by atoms with Gasteiger partial charge in [0.1, 0.15) is 11.9 Å². The van der Waals surface area contributed by atoms with E-state index in [0.29, 0.717) is 5.69 Å². The number of aryl methyl sites for hydroxylation is 1. The van der Waals surface area contributed by atoms with E-state index in [9.17, 15) is 0 Å². The van der Waals surface area contributed by atoms with E-state index in [-0.39, 0.29) is 12.5 Å². The minimum absolute atomic E-state index is 0.0318. The second-order valence-corrected chi connectivity index (χ2v) is 3.74. The van der Waals surface area contributed by atoms with Gasteiger partial charge in [-0.3, -0.25) is 0 Å². The van der Waals surface area contributed by atoms with Gasteiger partial charge >= 0.3 is 0 Å². The van der Waals surface area contributed by atoms with Crippen LogP contribution in [0.15, 0.2) is 0 Å².